The Morgan fingerprint density at radius 2 is 2.08 bits per heavy atom. The molecule has 8 heteroatoms. The Labute approximate surface area is 150 Å². The third-order valence-electron chi connectivity index (χ3n) is 4.83. The average molecular weight is 352 g/mol. The van der Waals surface area contributed by atoms with Crippen LogP contribution in [-0.4, -0.2) is 56.4 Å². The smallest absolute Gasteiger partial charge is 0.257 e. The van der Waals surface area contributed by atoms with Crippen molar-refractivity contribution in [3.63, 3.8) is 0 Å². The van der Waals surface area contributed by atoms with Gasteiger partial charge in [0.2, 0.25) is 0 Å². The average Bonchev–Trinajstić information content (AvgIpc) is 3.39. The lowest BCUT2D eigenvalue weighted by Gasteiger charge is -2.31. The number of hydrogen-bond donors (Lipinski definition) is 2. The summed E-state index contributed by atoms with van der Waals surface area (Å²) in [6, 6.07) is 7.59. The molecule has 0 bridgehead atoms. The van der Waals surface area contributed by atoms with Crippen LogP contribution in [-0.2, 0) is 0 Å². The molecule has 0 saturated carbocycles. The molecule has 0 unspecified atom stereocenters. The Balaban J connectivity index is 1.50. The number of benzene rings is 1. The van der Waals surface area contributed by atoms with Crippen molar-refractivity contribution in [3.05, 3.63) is 48.2 Å². The monoisotopic (exact) mass is 352 g/mol. The molecule has 8 nitrogen and oxygen atoms in total. The van der Waals surface area contributed by atoms with Crippen molar-refractivity contribution < 1.29 is 9.53 Å². The number of nitrogens with one attached hydrogen (secondary N) is 2. The van der Waals surface area contributed by atoms with Gasteiger partial charge in [-0.3, -0.25) is 15.0 Å². The zero-order valence-corrected chi connectivity index (χ0v) is 14.5. The summed E-state index contributed by atoms with van der Waals surface area (Å²) in [6.07, 6.45) is 4.86. The first-order chi connectivity index (χ1) is 12.8. The maximum atomic E-state index is 13.0. The predicted molar refractivity (Wildman–Crippen MR) is 94.8 cm³/mol. The van der Waals surface area contributed by atoms with Crippen molar-refractivity contribution in [1.82, 2.24) is 30.3 Å². The van der Waals surface area contributed by atoms with Gasteiger partial charge in [-0.25, -0.2) is 4.98 Å². The van der Waals surface area contributed by atoms with E-state index in [1.54, 1.807) is 13.3 Å². The molecule has 4 rings (SSSR count). The number of aromatic amines is 2. The van der Waals surface area contributed by atoms with Gasteiger partial charge in [-0.05, 0) is 25.0 Å². The minimum atomic E-state index is -0.00686. The molecule has 26 heavy (non-hydrogen) atoms. The van der Waals surface area contributed by atoms with Crippen LogP contribution in [0.3, 0.4) is 0 Å². The van der Waals surface area contributed by atoms with Gasteiger partial charge in [-0.2, -0.15) is 10.2 Å². The molecule has 0 atom stereocenters. The Morgan fingerprint density at radius 1 is 1.23 bits per heavy atom. The standard InChI is InChI=1S/C18H20N6O2/c1-26-14-4-2-3-13(9-14)16-15(10-20-22-16)18(25)24-7-5-12(6-8-24)17-19-11-21-23-17/h2-4,9-12H,5-8H2,1H3,(H,20,22)(H,19,21,23). The fraction of sp³-hybridized carbons (Fsp3) is 0.333. The first-order valence-corrected chi connectivity index (χ1v) is 8.58. The second-order valence-corrected chi connectivity index (χ2v) is 6.33. The van der Waals surface area contributed by atoms with Crippen LogP contribution in [0.25, 0.3) is 11.3 Å². The van der Waals surface area contributed by atoms with Crippen LogP contribution in [0.15, 0.2) is 36.8 Å². The van der Waals surface area contributed by atoms with Crippen LogP contribution >= 0.6 is 0 Å². The first kappa shape index (κ1) is 16.3. The Morgan fingerprint density at radius 3 is 2.81 bits per heavy atom. The summed E-state index contributed by atoms with van der Waals surface area (Å²) in [7, 11) is 1.62. The van der Waals surface area contributed by atoms with Gasteiger partial charge in [0.25, 0.3) is 5.91 Å². The second-order valence-electron chi connectivity index (χ2n) is 6.33. The zero-order valence-electron chi connectivity index (χ0n) is 14.5. The summed E-state index contributed by atoms with van der Waals surface area (Å²) in [5.74, 6) is 1.96. The van der Waals surface area contributed by atoms with E-state index < -0.39 is 0 Å². The highest BCUT2D eigenvalue weighted by molar-refractivity contribution is 5.99. The number of piperidine rings is 1. The number of amides is 1. The lowest BCUT2D eigenvalue weighted by atomic mass is 9.95. The van der Waals surface area contributed by atoms with Crippen LogP contribution < -0.4 is 4.74 Å². The molecule has 2 N–H and O–H groups in total. The van der Waals surface area contributed by atoms with Crippen LogP contribution in [0, 0.1) is 0 Å². The summed E-state index contributed by atoms with van der Waals surface area (Å²) >= 11 is 0. The molecule has 1 saturated heterocycles. The number of hydrogen-bond acceptors (Lipinski definition) is 5. The van der Waals surface area contributed by atoms with E-state index in [1.807, 2.05) is 29.2 Å². The number of likely N-dealkylation sites (tertiary alicyclic amines) is 1. The molecule has 1 aliphatic heterocycles. The lowest BCUT2D eigenvalue weighted by Crippen LogP contribution is -2.38. The molecule has 2 aromatic heterocycles. The number of H-pyrrole nitrogens is 2. The highest BCUT2D eigenvalue weighted by atomic mass is 16.5. The maximum Gasteiger partial charge on any atom is 0.257 e. The van der Waals surface area contributed by atoms with E-state index in [0.717, 1.165) is 30.0 Å². The minimum Gasteiger partial charge on any atom is -0.497 e. The van der Waals surface area contributed by atoms with Crippen LogP contribution in [0.4, 0.5) is 0 Å². The summed E-state index contributed by atoms with van der Waals surface area (Å²) in [5, 5.41) is 13.9. The molecule has 1 amide bonds. The topological polar surface area (TPSA) is 99.8 Å². The normalized spacial score (nSPS) is 15.2. The zero-order chi connectivity index (χ0) is 17.9. The largest absolute Gasteiger partial charge is 0.497 e. The molecular weight excluding hydrogens is 332 g/mol. The predicted octanol–water partition coefficient (Wildman–Crippen LogP) is 2.22. The van der Waals surface area contributed by atoms with Crippen molar-refractivity contribution in [2.75, 3.05) is 20.2 Å². The minimum absolute atomic E-state index is 0.00686. The third-order valence-corrected chi connectivity index (χ3v) is 4.83. The molecule has 3 aromatic rings. The number of carbonyl (C=O) groups is 1. The van der Waals surface area contributed by atoms with E-state index in [2.05, 4.69) is 25.4 Å². The molecule has 134 valence electrons. The molecule has 1 fully saturated rings. The highest BCUT2D eigenvalue weighted by Crippen LogP contribution is 2.29. The summed E-state index contributed by atoms with van der Waals surface area (Å²) in [6.45, 7) is 1.37. The number of ether oxygens (including phenoxy) is 1. The van der Waals surface area contributed by atoms with E-state index in [9.17, 15) is 4.79 Å². The quantitative estimate of drug-likeness (QED) is 0.750. The SMILES string of the molecule is COc1cccc(-c2[nH]ncc2C(=O)N2CCC(c3ncn[nH]3)CC2)c1. The number of rotatable bonds is 4. The molecular formula is C18H20N6O2. The highest BCUT2D eigenvalue weighted by Gasteiger charge is 2.28. The van der Waals surface area contributed by atoms with Gasteiger partial charge in [0, 0.05) is 24.6 Å². The van der Waals surface area contributed by atoms with E-state index in [1.165, 1.54) is 6.33 Å². The molecule has 0 spiro atoms. The van der Waals surface area contributed by atoms with Crippen molar-refractivity contribution >= 4 is 5.91 Å². The molecule has 0 aliphatic carbocycles. The molecule has 1 aromatic carbocycles. The van der Waals surface area contributed by atoms with Gasteiger partial charge >= 0.3 is 0 Å². The number of nitrogens with zero attached hydrogens (tertiary/aromatic N) is 4. The van der Waals surface area contributed by atoms with Crippen LogP contribution in [0.1, 0.15) is 34.9 Å². The van der Waals surface area contributed by atoms with Crippen molar-refractivity contribution in [1.29, 1.82) is 0 Å². The number of carbonyl (C=O) groups excluding carboxylic acids is 1. The molecule has 3 heterocycles. The van der Waals surface area contributed by atoms with Gasteiger partial charge in [0.15, 0.2) is 0 Å². The first-order valence-electron chi connectivity index (χ1n) is 8.58. The number of methoxy groups -OCH3 is 1. The van der Waals surface area contributed by atoms with Gasteiger partial charge in [-0.15, -0.1) is 0 Å². The Kier molecular flexibility index (Phi) is 4.39. The number of aromatic nitrogens is 5. The summed E-state index contributed by atoms with van der Waals surface area (Å²) in [5.41, 5.74) is 2.17. The van der Waals surface area contributed by atoms with Gasteiger partial charge in [0.05, 0.1) is 24.6 Å². The van der Waals surface area contributed by atoms with E-state index >= 15 is 0 Å². The Hall–Kier alpha value is -3.16. The van der Waals surface area contributed by atoms with Gasteiger partial charge < -0.3 is 9.64 Å². The van der Waals surface area contributed by atoms with Crippen LogP contribution in [0.5, 0.6) is 5.75 Å². The van der Waals surface area contributed by atoms with E-state index in [0.29, 0.717) is 30.3 Å². The second kappa shape index (κ2) is 6.99. The van der Waals surface area contributed by atoms with Gasteiger partial charge in [0.1, 0.15) is 17.9 Å². The van der Waals surface area contributed by atoms with Crippen molar-refractivity contribution in [2.45, 2.75) is 18.8 Å². The summed E-state index contributed by atoms with van der Waals surface area (Å²) in [4.78, 5) is 19.1. The Bertz CT molecular complexity index is 881. The lowest BCUT2D eigenvalue weighted by molar-refractivity contribution is 0.0712. The van der Waals surface area contributed by atoms with Gasteiger partial charge in [-0.1, -0.05) is 12.1 Å². The van der Waals surface area contributed by atoms with Crippen LogP contribution in [0.2, 0.25) is 0 Å². The van der Waals surface area contributed by atoms with Crippen molar-refractivity contribution in [2.24, 2.45) is 0 Å². The fourth-order valence-corrected chi connectivity index (χ4v) is 3.38. The third kappa shape index (κ3) is 3.05. The van der Waals surface area contributed by atoms with E-state index in [-0.39, 0.29) is 5.91 Å². The maximum absolute atomic E-state index is 13.0. The molecule has 1 aliphatic rings. The fourth-order valence-electron chi connectivity index (χ4n) is 3.38. The van der Waals surface area contributed by atoms with E-state index in [4.69, 9.17) is 4.74 Å². The van der Waals surface area contributed by atoms with Crippen molar-refractivity contribution in [3.8, 4) is 17.0 Å². The summed E-state index contributed by atoms with van der Waals surface area (Å²) < 4.78 is 5.27. The molecule has 0 radical (unpaired) electrons.